The summed E-state index contributed by atoms with van der Waals surface area (Å²) < 4.78 is 12.1. The number of rotatable bonds is 2. The van der Waals surface area contributed by atoms with E-state index in [-0.39, 0.29) is 11.4 Å². The molecule has 2 bridgehead atoms. The smallest absolute Gasteiger partial charge is 0.172 e. The summed E-state index contributed by atoms with van der Waals surface area (Å²) in [4.78, 5) is 0. The molecule has 2 nitrogen and oxygen atoms in total. The summed E-state index contributed by atoms with van der Waals surface area (Å²) in [6.07, 6.45) is 3.49. The van der Waals surface area contributed by atoms with Gasteiger partial charge < -0.3 is 9.47 Å². The van der Waals surface area contributed by atoms with Crippen LogP contribution in [0.25, 0.3) is 0 Å². The van der Waals surface area contributed by atoms with E-state index in [1.807, 2.05) is 0 Å². The molecule has 0 amide bonds. The van der Waals surface area contributed by atoms with Crippen molar-refractivity contribution in [2.45, 2.75) is 64.4 Å². The molecule has 4 atom stereocenters. The predicted octanol–water partition coefficient (Wildman–Crippen LogP) is 2.72. The van der Waals surface area contributed by atoms with Crippen LogP contribution in [-0.2, 0) is 9.47 Å². The summed E-state index contributed by atoms with van der Waals surface area (Å²) in [6.45, 7) is 8.76. The van der Waals surface area contributed by atoms with E-state index in [0.717, 1.165) is 19.3 Å². The Morgan fingerprint density at radius 2 is 2.08 bits per heavy atom. The summed E-state index contributed by atoms with van der Waals surface area (Å²) in [5.41, 5.74) is -0.00975. The molecule has 2 heteroatoms. The van der Waals surface area contributed by atoms with Gasteiger partial charge in [0.2, 0.25) is 0 Å². The average molecular weight is 184 g/mol. The van der Waals surface area contributed by atoms with Crippen molar-refractivity contribution in [3.05, 3.63) is 0 Å². The van der Waals surface area contributed by atoms with Gasteiger partial charge in [-0.3, -0.25) is 0 Å². The van der Waals surface area contributed by atoms with Crippen molar-refractivity contribution in [1.82, 2.24) is 0 Å². The average Bonchev–Trinajstić information content (AvgIpc) is 2.51. The largest absolute Gasteiger partial charge is 0.343 e. The van der Waals surface area contributed by atoms with Crippen molar-refractivity contribution in [2.24, 2.45) is 5.92 Å². The van der Waals surface area contributed by atoms with Gasteiger partial charge in [0.1, 0.15) is 0 Å². The summed E-state index contributed by atoms with van der Waals surface area (Å²) in [6, 6.07) is 0. The summed E-state index contributed by atoms with van der Waals surface area (Å²) in [5.74, 6) is 0.292. The van der Waals surface area contributed by atoms with Crippen LogP contribution in [0.2, 0.25) is 0 Å². The highest BCUT2D eigenvalue weighted by Gasteiger charge is 2.62. The van der Waals surface area contributed by atoms with Crippen LogP contribution < -0.4 is 0 Å². The lowest BCUT2D eigenvalue weighted by molar-refractivity contribution is -0.187. The van der Waals surface area contributed by atoms with Gasteiger partial charge in [0.05, 0.1) is 11.7 Å². The Bertz CT molecular complexity index is 216. The van der Waals surface area contributed by atoms with Crippen molar-refractivity contribution in [2.75, 3.05) is 0 Å². The molecule has 0 spiro atoms. The molecule has 0 saturated carbocycles. The number of ether oxygens (including phenoxy) is 2. The van der Waals surface area contributed by atoms with Crippen LogP contribution in [0.5, 0.6) is 0 Å². The van der Waals surface area contributed by atoms with Crippen molar-refractivity contribution >= 4 is 0 Å². The zero-order valence-electron chi connectivity index (χ0n) is 9.09. The van der Waals surface area contributed by atoms with Crippen LogP contribution in [0.3, 0.4) is 0 Å². The predicted molar refractivity (Wildman–Crippen MR) is 51.5 cm³/mol. The summed E-state index contributed by atoms with van der Waals surface area (Å²) >= 11 is 0. The van der Waals surface area contributed by atoms with Crippen molar-refractivity contribution in [1.29, 1.82) is 0 Å². The van der Waals surface area contributed by atoms with Crippen molar-refractivity contribution < 1.29 is 9.47 Å². The topological polar surface area (TPSA) is 18.5 Å². The molecule has 0 aromatic carbocycles. The molecule has 0 N–H and O–H groups in total. The molecule has 0 aliphatic carbocycles. The van der Waals surface area contributed by atoms with E-state index < -0.39 is 0 Å². The van der Waals surface area contributed by atoms with Crippen LogP contribution in [0, 0.1) is 5.92 Å². The molecule has 2 aliphatic rings. The maximum Gasteiger partial charge on any atom is 0.172 e. The van der Waals surface area contributed by atoms with Crippen LogP contribution in [0.1, 0.15) is 47.0 Å². The van der Waals surface area contributed by atoms with Gasteiger partial charge in [-0.1, -0.05) is 20.8 Å². The van der Waals surface area contributed by atoms with Gasteiger partial charge in [-0.25, -0.2) is 0 Å². The molecule has 2 saturated heterocycles. The first kappa shape index (κ1) is 9.47. The van der Waals surface area contributed by atoms with Gasteiger partial charge in [0, 0.05) is 5.92 Å². The minimum atomic E-state index is -0.255. The third-order valence-corrected chi connectivity index (χ3v) is 3.75. The lowest BCUT2D eigenvalue weighted by atomic mass is 9.84. The number of hydrogen-bond donors (Lipinski definition) is 0. The van der Waals surface area contributed by atoms with E-state index in [1.165, 1.54) is 0 Å². The monoisotopic (exact) mass is 184 g/mol. The fraction of sp³-hybridized carbons (Fsp3) is 1.00. The molecular weight excluding hydrogens is 164 g/mol. The molecule has 2 aliphatic heterocycles. The summed E-state index contributed by atoms with van der Waals surface area (Å²) in [5, 5.41) is 0. The Morgan fingerprint density at radius 1 is 1.38 bits per heavy atom. The minimum Gasteiger partial charge on any atom is -0.343 e. The van der Waals surface area contributed by atoms with E-state index in [9.17, 15) is 0 Å². The fourth-order valence-electron chi connectivity index (χ4n) is 3.02. The molecule has 76 valence electrons. The van der Waals surface area contributed by atoms with Gasteiger partial charge in [-0.05, 0) is 26.2 Å². The maximum absolute atomic E-state index is 6.09. The molecule has 0 aromatic heterocycles. The maximum atomic E-state index is 6.09. The first-order chi connectivity index (χ1) is 6.06. The Labute approximate surface area is 80.6 Å². The van der Waals surface area contributed by atoms with E-state index in [1.54, 1.807) is 0 Å². The van der Waals surface area contributed by atoms with Crippen LogP contribution in [-0.4, -0.2) is 17.5 Å². The third kappa shape index (κ3) is 1.08. The lowest BCUT2D eigenvalue weighted by Crippen LogP contribution is -2.41. The highest BCUT2D eigenvalue weighted by Crippen LogP contribution is 2.54. The Balaban J connectivity index is 2.25. The normalized spacial score (nSPS) is 54.5. The molecule has 2 heterocycles. The van der Waals surface area contributed by atoms with E-state index in [2.05, 4.69) is 27.7 Å². The quantitative estimate of drug-likeness (QED) is 0.657. The standard InChI is InChI=1S/C11H20O2/c1-5-9-10(4)7-8(3)11(6-2,12-9)13-10/h8-9H,5-7H2,1-4H3/t8-,9+,10-,11+/m0/s1. The van der Waals surface area contributed by atoms with Gasteiger partial charge >= 0.3 is 0 Å². The molecule has 2 fully saturated rings. The molecule has 0 aromatic rings. The zero-order chi connectivity index (χ0) is 9.69. The third-order valence-electron chi connectivity index (χ3n) is 3.75. The highest BCUT2D eigenvalue weighted by atomic mass is 16.8. The Morgan fingerprint density at radius 3 is 2.54 bits per heavy atom. The number of hydrogen-bond acceptors (Lipinski definition) is 2. The second-order valence-corrected chi connectivity index (χ2v) is 4.70. The van der Waals surface area contributed by atoms with E-state index in [4.69, 9.17) is 9.47 Å². The molecule has 0 unspecified atom stereocenters. The summed E-state index contributed by atoms with van der Waals surface area (Å²) in [7, 11) is 0. The molecular formula is C11H20O2. The molecule has 13 heavy (non-hydrogen) atoms. The van der Waals surface area contributed by atoms with E-state index >= 15 is 0 Å². The zero-order valence-corrected chi connectivity index (χ0v) is 9.09. The second kappa shape index (κ2) is 2.71. The Hall–Kier alpha value is -0.0800. The van der Waals surface area contributed by atoms with Crippen LogP contribution in [0.15, 0.2) is 0 Å². The lowest BCUT2D eigenvalue weighted by Gasteiger charge is -2.33. The molecule has 0 radical (unpaired) electrons. The van der Waals surface area contributed by atoms with Gasteiger partial charge in [0.15, 0.2) is 5.79 Å². The SMILES string of the molecule is CC[C@H]1O[C@]2(CC)O[C@@]1(C)C[C@@H]2C. The van der Waals surface area contributed by atoms with Crippen LogP contribution >= 0.6 is 0 Å². The highest BCUT2D eigenvalue weighted by molar-refractivity contribution is 5.04. The van der Waals surface area contributed by atoms with Crippen molar-refractivity contribution in [3.8, 4) is 0 Å². The van der Waals surface area contributed by atoms with Gasteiger partial charge in [-0.2, -0.15) is 0 Å². The first-order valence-electron chi connectivity index (χ1n) is 5.44. The fourth-order valence-corrected chi connectivity index (χ4v) is 3.02. The molecule has 2 rings (SSSR count). The first-order valence-corrected chi connectivity index (χ1v) is 5.44. The van der Waals surface area contributed by atoms with Gasteiger partial charge in [0.25, 0.3) is 0 Å². The van der Waals surface area contributed by atoms with Crippen molar-refractivity contribution in [3.63, 3.8) is 0 Å². The second-order valence-electron chi connectivity index (χ2n) is 4.70. The number of fused-ring (bicyclic) bond motifs is 2. The Kier molecular flexibility index (Phi) is 1.97. The minimum absolute atomic E-state index is 0.00975. The van der Waals surface area contributed by atoms with E-state index in [0.29, 0.717) is 12.0 Å². The van der Waals surface area contributed by atoms with Gasteiger partial charge in [-0.15, -0.1) is 0 Å². The van der Waals surface area contributed by atoms with Crippen LogP contribution in [0.4, 0.5) is 0 Å².